The van der Waals surface area contributed by atoms with Crippen LogP contribution in [0.2, 0.25) is 0 Å². The molecular formula is C14H14NO2. The van der Waals surface area contributed by atoms with Gasteiger partial charge in [0, 0.05) is 17.9 Å². The van der Waals surface area contributed by atoms with Crippen LogP contribution < -0.4 is 4.74 Å². The average molecular weight is 228 g/mol. The van der Waals surface area contributed by atoms with Crippen LogP contribution in [0.5, 0.6) is 5.88 Å². The van der Waals surface area contributed by atoms with Crippen molar-refractivity contribution in [3.8, 4) is 5.88 Å². The zero-order valence-electron chi connectivity index (χ0n) is 9.56. The molecule has 0 fully saturated rings. The SMILES string of the molecule is O=[C]CCCCOc1ccc2ccccc2n1. The number of benzene rings is 1. The van der Waals surface area contributed by atoms with E-state index >= 15 is 0 Å². The highest BCUT2D eigenvalue weighted by Crippen LogP contribution is 2.16. The molecule has 1 radical (unpaired) electrons. The van der Waals surface area contributed by atoms with Crippen LogP contribution in [-0.2, 0) is 4.79 Å². The fourth-order valence-electron chi connectivity index (χ4n) is 1.60. The molecule has 3 heteroatoms. The van der Waals surface area contributed by atoms with E-state index in [1.807, 2.05) is 42.7 Å². The largest absolute Gasteiger partial charge is 0.478 e. The Bertz CT molecular complexity index is 496. The summed E-state index contributed by atoms with van der Waals surface area (Å²) in [6.07, 6.45) is 4.02. The first-order valence-electron chi connectivity index (χ1n) is 5.74. The van der Waals surface area contributed by atoms with Crippen LogP contribution in [0.25, 0.3) is 10.9 Å². The molecule has 1 aromatic carbocycles. The van der Waals surface area contributed by atoms with Crippen molar-refractivity contribution in [2.24, 2.45) is 0 Å². The van der Waals surface area contributed by atoms with E-state index in [4.69, 9.17) is 4.74 Å². The molecule has 1 heterocycles. The molecule has 0 aliphatic carbocycles. The number of carbonyl (C=O) groups excluding carboxylic acids is 1. The molecule has 87 valence electrons. The summed E-state index contributed by atoms with van der Waals surface area (Å²) in [5, 5.41) is 1.11. The number of unbranched alkanes of at least 4 members (excludes halogenated alkanes) is 2. The number of aromatic nitrogens is 1. The van der Waals surface area contributed by atoms with Gasteiger partial charge < -0.3 is 4.74 Å². The minimum absolute atomic E-state index is 0.481. The van der Waals surface area contributed by atoms with Crippen molar-refractivity contribution in [1.82, 2.24) is 4.98 Å². The molecule has 0 spiro atoms. The smallest absolute Gasteiger partial charge is 0.213 e. The Morgan fingerprint density at radius 2 is 2.00 bits per heavy atom. The van der Waals surface area contributed by atoms with Crippen LogP contribution in [0.3, 0.4) is 0 Å². The lowest BCUT2D eigenvalue weighted by Gasteiger charge is -2.05. The highest BCUT2D eigenvalue weighted by atomic mass is 16.5. The molecule has 3 nitrogen and oxygen atoms in total. The van der Waals surface area contributed by atoms with Gasteiger partial charge in [0.2, 0.25) is 5.88 Å². The van der Waals surface area contributed by atoms with Gasteiger partial charge in [-0.15, -0.1) is 0 Å². The van der Waals surface area contributed by atoms with Crippen molar-refractivity contribution < 1.29 is 9.53 Å². The molecule has 17 heavy (non-hydrogen) atoms. The first kappa shape index (κ1) is 11.6. The molecule has 0 bridgehead atoms. The zero-order valence-corrected chi connectivity index (χ0v) is 9.56. The Labute approximate surface area is 100 Å². The summed E-state index contributed by atoms with van der Waals surface area (Å²) in [6, 6.07) is 11.8. The summed E-state index contributed by atoms with van der Waals surface area (Å²) in [5.41, 5.74) is 0.936. The van der Waals surface area contributed by atoms with E-state index in [1.54, 1.807) is 0 Å². The third-order valence-corrected chi connectivity index (χ3v) is 2.50. The van der Waals surface area contributed by atoms with E-state index in [0.29, 0.717) is 18.9 Å². The quantitative estimate of drug-likeness (QED) is 0.713. The second kappa shape index (κ2) is 5.99. The fraction of sp³-hybridized carbons (Fsp3) is 0.286. The van der Waals surface area contributed by atoms with E-state index in [-0.39, 0.29) is 0 Å². The van der Waals surface area contributed by atoms with Gasteiger partial charge in [0.1, 0.15) is 0 Å². The van der Waals surface area contributed by atoms with E-state index in [9.17, 15) is 4.79 Å². The number of fused-ring (bicyclic) bond motifs is 1. The second-order valence-corrected chi connectivity index (χ2v) is 3.79. The number of ether oxygens (including phenoxy) is 1. The Morgan fingerprint density at radius 1 is 1.12 bits per heavy atom. The molecule has 0 N–H and O–H groups in total. The maximum atomic E-state index is 10.0. The summed E-state index contributed by atoms with van der Waals surface area (Å²) in [5.74, 6) is 0.638. The maximum absolute atomic E-state index is 10.0. The molecule has 0 unspecified atom stereocenters. The predicted octanol–water partition coefficient (Wildman–Crippen LogP) is 2.89. The van der Waals surface area contributed by atoms with Gasteiger partial charge in [-0.05, 0) is 25.0 Å². The number of hydrogen-bond acceptors (Lipinski definition) is 3. The number of para-hydroxylation sites is 1. The summed E-state index contributed by atoms with van der Waals surface area (Å²) in [7, 11) is 0. The monoisotopic (exact) mass is 228 g/mol. The molecule has 0 amide bonds. The van der Waals surface area contributed by atoms with Crippen LogP contribution >= 0.6 is 0 Å². The predicted molar refractivity (Wildman–Crippen MR) is 66.8 cm³/mol. The van der Waals surface area contributed by atoms with Crippen LogP contribution in [0.1, 0.15) is 19.3 Å². The van der Waals surface area contributed by atoms with Crippen molar-refractivity contribution in [2.75, 3.05) is 6.61 Å². The Morgan fingerprint density at radius 3 is 2.88 bits per heavy atom. The molecule has 2 aromatic rings. The molecule has 0 aliphatic heterocycles. The minimum atomic E-state index is 0.481. The highest BCUT2D eigenvalue weighted by Gasteiger charge is 1.98. The van der Waals surface area contributed by atoms with Gasteiger partial charge in [-0.2, -0.15) is 0 Å². The van der Waals surface area contributed by atoms with E-state index in [1.165, 1.54) is 0 Å². The lowest BCUT2D eigenvalue weighted by molar-refractivity contribution is 0.297. The van der Waals surface area contributed by atoms with Crippen LogP contribution in [0, 0.1) is 0 Å². The molecular weight excluding hydrogens is 214 g/mol. The first-order chi connectivity index (χ1) is 8.40. The second-order valence-electron chi connectivity index (χ2n) is 3.79. The van der Waals surface area contributed by atoms with E-state index in [0.717, 1.165) is 23.7 Å². The van der Waals surface area contributed by atoms with Gasteiger partial charge in [0.25, 0.3) is 0 Å². The standard InChI is InChI=1S/C14H14NO2/c16-10-4-1-5-11-17-14-9-8-12-6-2-3-7-13(12)15-14/h2-3,6-9H,1,4-5,11H2. The summed E-state index contributed by atoms with van der Waals surface area (Å²) in [4.78, 5) is 14.4. The van der Waals surface area contributed by atoms with Crippen LogP contribution in [-0.4, -0.2) is 17.9 Å². The normalized spacial score (nSPS) is 10.4. The summed E-state index contributed by atoms with van der Waals surface area (Å²) in [6.45, 7) is 0.590. The lowest BCUT2D eigenvalue weighted by Crippen LogP contribution is -1.99. The minimum Gasteiger partial charge on any atom is -0.478 e. The Balaban J connectivity index is 1.92. The maximum Gasteiger partial charge on any atom is 0.213 e. The lowest BCUT2D eigenvalue weighted by atomic mass is 10.2. The van der Waals surface area contributed by atoms with Crippen LogP contribution in [0.15, 0.2) is 36.4 Å². The van der Waals surface area contributed by atoms with Crippen LogP contribution in [0.4, 0.5) is 0 Å². The topological polar surface area (TPSA) is 39.2 Å². The van der Waals surface area contributed by atoms with E-state index < -0.39 is 0 Å². The van der Waals surface area contributed by atoms with Gasteiger partial charge in [0.05, 0.1) is 12.1 Å². The third kappa shape index (κ3) is 3.28. The Hall–Kier alpha value is -1.90. The fourth-order valence-corrected chi connectivity index (χ4v) is 1.60. The van der Waals surface area contributed by atoms with E-state index in [2.05, 4.69) is 4.98 Å². The van der Waals surface area contributed by atoms with Gasteiger partial charge in [-0.25, -0.2) is 4.98 Å². The molecule has 2 rings (SSSR count). The van der Waals surface area contributed by atoms with Crippen molar-refractivity contribution in [3.05, 3.63) is 36.4 Å². The molecule has 0 atom stereocenters. The number of hydrogen-bond donors (Lipinski definition) is 0. The Kier molecular flexibility index (Phi) is 4.08. The van der Waals surface area contributed by atoms with Gasteiger partial charge in [0.15, 0.2) is 6.29 Å². The van der Waals surface area contributed by atoms with Crippen molar-refractivity contribution in [1.29, 1.82) is 0 Å². The summed E-state index contributed by atoms with van der Waals surface area (Å²) >= 11 is 0. The summed E-state index contributed by atoms with van der Waals surface area (Å²) < 4.78 is 5.52. The zero-order chi connectivity index (χ0) is 11.9. The molecule has 0 saturated heterocycles. The molecule has 0 saturated carbocycles. The number of rotatable bonds is 6. The van der Waals surface area contributed by atoms with Gasteiger partial charge >= 0.3 is 0 Å². The van der Waals surface area contributed by atoms with Crippen molar-refractivity contribution >= 4 is 17.2 Å². The van der Waals surface area contributed by atoms with Crippen molar-refractivity contribution in [3.63, 3.8) is 0 Å². The highest BCUT2D eigenvalue weighted by molar-refractivity contribution is 5.78. The number of pyridine rings is 1. The first-order valence-corrected chi connectivity index (χ1v) is 5.74. The molecule has 0 aliphatic rings. The third-order valence-electron chi connectivity index (χ3n) is 2.50. The molecule has 1 aromatic heterocycles. The van der Waals surface area contributed by atoms with Gasteiger partial charge in [-0.1, -0.05) is 18.2 Å². The van der Waals surface area contributed by atoms with Gasteiger partial charge in [-0.3, -0.25) is 4.79 Å². The average Bonchev–Trinajstić information content (AvgIpc) is 2.38. The number of nitrogens with zero attached hydrogens (tertiary/aromatic N) is 1. The van der Waals surface area contributed by atoms with Crippen molar-refractivity contribution in [2.45, 2.75) is 19.3 Å².